The molecule has 1 amide bonds. The molecule has 7 heteroatoms. The SMILES string of the molecule is CCC(=O)N1Cc2ccc(-c3ccc(F)cc3OC)cc2C1.CCCC=NC(=N)C=N. The number of fused-ring (bicyclic) bond motifs is 1. The van der Waals surface area contributed by atoms with Crippen molar-refractivity contribution in [3.05, 3.63) is 53.3 Å². The second kappa shape index (κ2) is 11.7. The number of rotatable bonds is 6. The van der Waals surface area contributed by atoms with E-state index in [1.807, 2.05) is 30.9 Å². The predicted octanol–water partition coefficient (Wildman–Crippen LogP) is 5.24. The third-order valence-electron chi connectivity index (χ3n) is 4.84. The Hall–Kier alpha value is -3.35. The fourth-order valence-corrected chi connectivity index (χ4v) is 3.19. The summed E-state index contributed by atoms with van der Waals surface area (Å²) < 4.78 is 18.6. The highest BCUT2D eigenvalue weighted by Gasteiger charge is 2.22. The first kappa shape index (κ1) is 23.9. The maximum Gasteiger partial charge on any atom is 0.222 e. The van der Waals surface area contributed by atoms with Crippen LogP contribution in [0.2, 0.25) is 0 Å². The number of amidine groups is 1. The maximum atomic E-state index is 13.3. The standard InChI is InChI=1S/C18H18FNO2.C6H11N3/c1-3-18(21)20-10-13-5-4-12(8-14(13)11-20)16-7-6-15(19)9-17(16)22-2;1-2-3-4-9-6(8)5-7/h4-9H,3,10-11H2,1-2H3;4-5,7-8H,2-3H2,1H3. The molecule has 1 aliphatic rings. The van der Waals surface area contributed by atoms with E-state index < -0.39 is 0 Å². The van der Waals surface area contributed by atoms with Gasteiger partial charge in [0, 0.05) is 37.4 Å². The van der Waals surface area contributed by atoms with Crippen molar-refractivity contribution in [2.45, 2.75) is 46.2 Å². The number of carbonyl (C=O) groups excluding carboxylic acids is 1. The van der Waals surface area contributed by atoms with E-state index in [9.17, 15) is 9.18 Å². The molecule has 1 aliphatic heterocycles. The summed E-state index contributed by atoms with van der Waals surface area (Å²) in [5.74, 6) is 0.376. The van der Waals surface area contributed by atoms with Crippen molar-refractivity contribution < 1.29 is 13.9 Å². The van der Waals surface area contributed by atoms with Crippen LogP contribution in [0.25, 0.3) is 11.1 Å². The molecule has 3 rings (SSSR count). The first-order valence-corrected chi connectivity index (χ1v) is 10.3. The normalized spacial score (nSPS) is 12.2. The number of nitrogens with zero attached hydrogens (tertiary/aromatic N) is 2. The van der Waals surface area contributed by atoms with Gasteiger partial charge >= 0.3 is 0 Å². The third kappa shape index (κ3) is 6.57. The fourth-order valence-electron chi connectivity index (χ4n) is 3.19. The van der Waals surface area contributed by atoms with Crippen LogP contribution in [0.15, 0.2) is 41.4 Å². The summed E-state index contributed by atoms with van der Waals surface area (Å²) >= 11 is 0. The molecule has 1 heterocycles. The van der Waals surface area contributed by atoms with Gasteiger partial charge in [0.05, 0.1) is 13.3 Å². The zero-order chi connectivity index (χ0) is 22.8. The first-order chi connectivity index (χ1) is 14.9. The largest absolute Gasteiger partial charge is 0.496 e. The van der Waals surface area contributed by atoms with Gasteiger partial charge in [0.15, 0.2) is 5.84 Å². The van der Waals surface area contributed by atoms with Gasteiger partial charge in [-0.3, -0.25) is 10.2 Å². The monoisotopic (exact) mass is 424 g/mol. The molecule has 0 atom stereocenters. The highest BCUT2D eigenvalue weighted by atomic mass is 19.1. The molecule has 0 bridgehead atoms. The van der Waals surface area contributed by atoms with Crippen LogP contribution >= 0.6 is 0 Å². The number of aliphatic imine (C=N–C) groups is 1. The fraction of sp³-hybridized carbons (Fsp3) is 0.333. The highest BCUT2D eigenvalue weighted by Crippen LogP contribution is 2.34. The summed E-state index contributed by atoms with van der Waals surface area (Å²) in [6.45, 7) is 5.22. The van der Waals surface area contributed by atoms with Crippen molar-refractivity contribution in [3.8, 4) is 16.9 Å². The molecule has 6 nitrogen and oxygen atoms in total. The van der Waals surface area contributed by atoms with Gasteiger partial charge in [-0.15, -0.1) is 0 Å². The topological polar surface area (TPSA) is 89.6 Å². The lowest BCUT2D eigenvalue weighted by Gasteiger charge is -2.13. The molecular weight excluding hydrogens is 395 g/mol. The van der Waals surface area contributed by atoms with E-state index in [1.165, 1.54) is 24.8 Å². The average Bonchev–Trinajstić information content (AvgIpc) is 3.22. The Bertz CT molecular complexity index is 972. The van der Waals surface area contributed by atoms with Crippen LogP contribution < -0.4 is 4.74 Å². The molecule has 0 aliphatic carbocycles. The van der Waals surface area contributed by atoms with E-state index in [4.69, 9.17) is 15.6 Å². The smallest absolute Gasteiger partial charge is 0.222 e. The Morgan fingerprint density at radius 1 is 1.19 bits per heavy atom. The molecule has 2 aromatic rings. The molecule has 0 aromatic heterocycles. The van der Waals surface area contributed by atoms with Gasteiger partial charge in [0.2, 0.25) is 5.91 Å². The Morgan fingerprint density at radius 3 is 2.58 bits per heavy atom. The summed E-state index contributed by atoms with van der Waals surface area (Å²) in [5, 5.41) is 13.5. The number of halogens is 1. The number of ether oxygens (including phenoxy) is 1. The Balaban J connectivity index is 0.000000323. The highest BCUT2D eigenvalue weighted by molar-refractivity contribution is 6.28. The van der Waals surface area contributed by atoms with Gasteiger partial charge in [0.1, 0.15) is 11.6 Å². The van der Waals surface area contributed by atoms with Gasteiger partial charge in [-0.25, -0.2) is 9.38 Å². The van der Waals surface area contributed by atoms with E-state index >= 15 is 0 Å². The summed E-state index contributed by atoms with van der Waals surface area (Å²) in [6, 6.07) is 10.6. The predicted molar refractivity (Wildman–Crippen MR) is 123 cm³/mol. The second-order valence-corrected chi connectivity index (χ2v) is 7.06. The molecule has 2 N–H and O–H groups in total. The van der Waals surface area contributed by atoms with Crippen molar-refractivity contribution in [2.24, 2.45) is 4.99 Å². The van der Waals surface area contributed by atoms with Gasteiger partial charge in [0.25, 0.3) is 0 Å². The van der Waals surface area contributed by atoms with Gasteiger partial charge in [-0.05, 0) is 41.3 Å². The number of nitrogens with one attached hydrogen (secondary N) is 2. The van der Waals surface area contributed by atoms with Gasteiger partial charge in [-0.2, -0.15) is 0 Å². The van der Waals surface area contributed by atoms with E-state index in [0.29, 0.717) is 25.3 Å². The van der Waals surface area contributed by atoms with E-state index in [1.54, 1.807) is 12.3 Å². The number of carbonyl (C=O) groups is 1. The Labute approximate surface area is 182 Å². The zero-order valence-electron chi connectivity index (χ0n) is 18.2. The van der Waals surface area contributed by atoms with Gasteiger partial charge in [-0.1, -0.05) is 32.4 Å². The second-order valence-electron chi connectivity index (χ2n) is 7.06. The van der Waals surface area contributed by atoms with Crippen molar-refractivity contribution in [2.75, 3.05) is 7.11 Å². The molecule has 31 heavy (non-hydrogen) atoms. The van der Waals surface area contributed by atoms with Crippen LogP contribution in [-0.4, -0.2) is 36.2 Å². The molecule has 0 spiro atoms. The van der Waals surface area contributed by atoms with E-state index in [0.717, 1.165) is 35.7 Å². The van der Waals surface area contributed by atoms with Crippen LogP contribution in [0.1, 0.15) is 44.2 Å². The summed E-state index contributed by atoms with van der Waals surface area (Å²) in [4.78, 5) is 17.3. The maximum absolute atomic E-state index is 13.3. The summed E-state index contributed by atoms with van der Waals surface area (Å²) in [5.41, 5.74) is 4.14. The number of hydrogen-bond acceptors (Lipinski definition) is 4. The zero-order valence-corrected chi connectivity index (χ0v) is 18.2. The minimum absolute atomic E-state index is 0.0171. The lowest BCUT2D eigenvalue weighted by Crippen LogP contribution is -2.23. The van der Waals surface area contributed by atoms with Crippen LogP contribution in [0.3, 0.4) is 0 Å². The third-order valence-corrected chi connectivity index (χ3v) is 4.84. The molecular formula is C24H29FN4O2. The molecule has 0 radical (unpaired) electrons. The molecule has 164 valence electrons. The summed E-state index contributed by atoms with van der Waals surface area (Å²) in [7, 11) is 1.54. The van der Waals surface area contributed by atoms with Crippen LogP contribution in [0, 0.1) is 16.6 Å². The molecule has 0 fully saturated rings. The number of benzene rings is 2. The molecule has 0 saturated heterocycles. The lowest BCUT2D eigenvalue weighted by molar-refractivity contribution is -0.131. The van der Waals surface area contributed by atoms with Gasteiger partial charge < -0.3 is 15.0 Å². The quantitative estimate of drug-likeness (QED) is 0.491. The molecule has 2 aromatic carbocycles. The summed E-state index contributed by atoms with van der Waals surface area (Å²) in [6.07, 6.45) is 5.02. The van der Waals surface area contributed by atoms with Crippen molar-refractivity contribution in [3.63, 3.8) is 0 Å². The van der Waals surface area contributed by atoms with Crippen molar-refractivity contribution in [1.29, 1.82) is 10.8 Å². The number of hydrogen-bond donors (Lipinski definition) is 2. The number of methoxy groups -OCH3 is 1. The van der Waals surface area contributed by atoms with Crippen LogP contribution in [0.5, 0.6) is 5.75 Å². The Kier molecular flexibility index (Phi) is 9.06. The lowest BCUT2D eigenvalue weighted by atomic mass is 10.00. The van der Waals surface area contributed by atoms with Crippen molar-refractivity contribution >= 4 is 24.2 Å². The minimum atomic E-state index is -0.318. The number of unbranched alkanes of at least 4 members (excludes halogenated alkanes) is 1. The van der Waals surface area contributed by atoms with Crippen LogP contribution in [0.4, 0.5) is 4.39 Å². The van der Waals surface area contributed by atoms with E-state index in [2.05, 4.69) is 11.1 Å². The average molecular weight is 425 g/mol. The van der Waals surface area contributed by atoms with Crippen LogP contribution in [-0.2, 0) is 17.9 Å². The van der Waals surface area contributed by atoms with E-state index in [-0.39, 0.29) is 17.6 Å². The van der Waals surface area contributed by atoms with Crippen molar-refractivity contribution in [1.82, 2.24) is 4.90 Å². The minimum Gasteiger partial charge on any atom is -0.496 e. The number of amides is 1. The molecule has 0 unspecified atom stereocenters. The first-order valence-electron chi connectivity index (χ1n) is 10.3. The Morgan fingerprint density at radius 2 is 1.94 bits per heavy atom. The molecule has 0 saturated carbocycles.